The SMILES string of the molecule is COc1ccc(S(=O)(=O)N2CCCCC2)cc1NC(=O)CNc1cc(C)n(-c2ccccc2F)n1. The molecule has 0 unspecified atom stereocenters. The van der Waals surface area contributed by atoms with Crippen LogP contribution in [0.15, 0.2) is 53.4 Å². The van der Waals surface area contributed by atoms with Crippen LogP contribution in [0.25, 0.3) is 5.69 Å². The van der Waals surface area contributed by atoms with Crippen LogP contribution in [0, 0.1) is 12.7 Å². The van der Waals surface area contributed by atoms with Gasteiger partial charge in [0.05, 0.1) is 24.2 Å². The molecule has 1 amide bonds. The number of hydrogen-bond acceptors (Lipinski definition) is 6. The van der Waals surface area contributed by atoms with Crippen molar-refractivity contribution in [3.05, 3.63) is 60.0 Å². The normalized spacial score (nSPS) is 14.5. The Labute approximate surface area is 203 Å². The predicted octanol–water partition coefficient (Wildman–Crippen LogP) is 3.55. The third-order valence-corrected chi connectivity index (χ3v) is 7.69. The Hall–Kier alpha value is -3.44. The molecule has 9 nitrogen and oxygen atoms in total. The van der Waals surface area contributed by atoms with Gasteiger partial charge in [0.25, 0.3) is 0 Å². The molecule has 2 aromatic carbocycles. The molecule has 1 aromatic heterocycles. The monoisotopic (exact) mass is 501 g/mol. The number of carbonyl (C=O) groups is 1. The fourth-order valence-corrected chi connectivity index (χ4v) is 5.54. The Morgan fingerprint density at radius 2 is 1.86 bits per heavy atom. The quantitative estimate of drug-likeness (QED) is 0.489. The summed E-state index contributed by atoms with van der Waals surface area (Å²) in [4.78, 5) is 12.7. The van der Waals surface area contributed by atoms with Crippen molar-refractivity contribution in [1.29, 1.82) is 0 Å². The molecule has 1 fully saturated rings. The van der Waals surface area contributed by atoms with Gasteiger partial charge >= 0.3 is 0 Å². The highest BCUT2D eigenvalue weighted by Crippen LogP contribution is 2.30. The van der Waals surface area contributed by atoms with Crippen LogP contribution in [0.1, 0.15) is 25.0 Å². The number of benzene rings is 2. The number of nitrogens with zero attached hydrogens (tertiary/aromatic N) is 3. The lowest BCUT2D eigenvalue weighted by Gasteiger charge is -2.26. The molecule has 0 aliphatic carbocycles. The van der Waals surface area contributed by atoms with Crippen LogP contribution in [0.5, 0.6) is 5.75 Å². The summed E-state index contributed by atoms with van der Waals surface area (Å²) in [6.07, 6.45) is 2.68. The summed E-state index contributed by atoms with van der Waals surface area (Å²) < 4.78 is 48.4. The maximum Gasteiger partial charge on any atom is 0.243 e. The third kappa shape index (κ3) is 5.46. The van der Waals surface area contributed by atoms with Crippen LogP contribution >= 0.6 is 0 Å². The topological polar surface area (TPSA) is 106 Å². The molecular weight excluding hydrogens is 473 g/mol. The molecule has 1 aliphatic rings. The lowest BCUT2D eigenvalue weighted by molar-refractivity contribution is -0.114. The fraction of sp³-hybridized carbons (Fsp3) is 0.333. The molecule has 0 saturated carbocycles. The van der Waals surface area contributed by atoms with Gasteiger partial charge in [-0.1, -0.05) is 18.6 Å². The van der Waals surface area contributed by atoms with Gasteiger partial charge in [0.2, 0.25) is 15.9 Å². The van der Waals surface area contributed by atoms with E-state index < -0.39 is 21.7 Å². The number of nitrogens with one attached hydrogen (secondary N) is 2. The molecular formula is C24H28FN5O4S. The highest BCUT2D eigenvalue weighted by atomic mass is 32.2. The van der Waals surface area contributed by atoms with Gasteiger partial charge in [0.1, 0.15) is 23.1 Å². The van der Waals surface area contributed by atoms with Gasteiger partial charge in [-0.05, 0) is 50.1 Å². The van der Waals surface area contributed by atoms with Gasteiger partial charge in [-0.15, -0.1) is 0 Å². The Balaban J connectivity index is 1.46. The predicted molar refractivity (Wildman–Crippen MR) is 131 cm³/mol. The molecule has 2 heterocycles. The molecule has 1 saturated heterocycles. The highest BCUT2D eigenvalue weighted by Gasteiger charge is 2.27. The highest BCUT2D eigenvalue weighted by molar-refractivity contribution is 7.89. The Morgan fingerprint density at radius 3 is 2.57 bits per heavy atom. The van der Waals surface area contributed by atoms with Gasteiger partial charge in [-0.3, -0.25) is 4.79 Å². The maximum atomic E-state index is 14.1. The van der Waals surface area contributed by atoms with E-state index in [1.54, 1.807) is 31.2 Å². The molecule has 186 valence electrons. The second-order valence-corrected chi connectivity index (χ2v) is 10.2. The van der Waals surface area contributed by atoms with Crippen LogP contribution in [0.2, 0.25) is 0 Å². The summed E-state index contributed by atoms with van der Waals surface area (Å²) in [7, 11) is -2.22. The van der Waals surface area contributed by atoms with Crippen LogP contribution < -0.4 is 15.4 Å². The van der Waals surface area contributed by atoms with E-state index in [1.165, 1.54) is 40.4 Å². The van der Waals surface area contributed by atoms with Crippen molar-refractivity contribution in [3.63, 3.8) is 0 Å². The summed E-state index contributed by atoms with van der Waals surface area (Å²) in [5.41, 5.74) is 1.25. The van der Waals surface area contributed by atoms with Crippen molar-refractivity contribution in [1.82, 2.24) is 14.1 Å². The summed E-state index contributed by atoms with van der Waals surface area (Å²) in [6.45, 7) is 2.61. The molecule has 1 aliphatic heterocycles. The molecule has 0 spiro atoms. The number of halogens is 1. The van der Waals surface area contributed by atoms with E-state index in [2.05, 4.69) is 15.7 Å². The lowest BCUT2D eigenvalue weighted by atomic mass is 10.2. The number of para-hydroxylation sites is 1. The van der Waals surface area contributed by atoms with E-state index in [4.69, 9.17) is 4.74 Å². The Morgan fingerprint density at radius 1 is 1.11 bits per heavy atom. The lowest BCUT2D eigenvalue weighted by Crippen LogP contribution is -2.35. The fourth-order valence-electron chi connectivity index (χ4n) is 3.99. The van der Waals surface area contributed by atoms with E-state index in [0.717, 1.165) is 19.3 Å². The van der Waals surface area contributed by atoms with Crippen molar-refractivity contribution in [2.75, 3.05) is 37.4 Å². The van der Waals surface area contributed by atoms with Crippen LogP contribution in [0.4, 0.5) is 15.9 Å². The summed E-state index contributed by atoms with van der Waals surface area (Å²) in [5, 5.41) is 9.95. The number of carbonyl (C=O) groups excluding carboxylic acids is 1. The number of aromatic nitrogens is 2. The summed E-state index contributed by atoms with van der Waals surface area (Å²) in [6, 6.07) is 12.4. The molecule has 2 N–H and O–H groups in total. The minimum atomic E-state index is -3.67. The van der Waals surface area contributed by atoms with Crippen molar-refractivity contribution in [3.8, 4) is 11.4 Å². The number of anilines is 2. The van der Waals surface area contributed by atoms with E-state index in [0.29, 0.717) is 36.0 Å². The van der Waals surface area contributed by atoms with Crippen molar-refractivity contribution < 1.29 is 22.3 Å². The molecule has 0 atom stereocenters. The molecule has 3 aromatic rings. The van der Waals surface area contributed by atoms with E-state index in [9.17, 15) is 17.6 Å². The first-order chi connectivity index (χ1) is 16.8. The van der Waals surface area contributed by atoms with Crippen LogP contribution in [-0.4, -0.2) is 55.2 Å². The zero-order valence-electron chi connectivity index (χ0n) is 19.6. The average molecular weight is 502 g/mol. The second kappa shape index (κ2) is 10.4. The molecule has 4 rings (SSSR count). The van der Waals surface area contributed by atoms with E-state index in [1.807, 2.05) is 0 Å². The minimum absolute atomic E-state index is 0.0997. The second-order valence-electron chi connectivity index (χ2n) is 8.26. The van der Waals surface area contributed by atoms with Crippen LogP contribution in [-0.2, 0) is 14.8 Å². The van der Waals surface area contributed by atoms with Gasteiger partial charge in [-0.25, -0.2) is 17.5 Å². The van der Waals surface area contributed by atoms with E-state index >= 15 is 0 Å². The standard InChI is InChI=1S/C24H28FN5O4S/c1-17-14-23(28-30(17)21-9-5-4-8-19(21)25)26-16-24(31)27-20-15-18(10-11-22(20)34-2)35(32,33)29-12-6-3-7-13-29/h4-5,8-11,14-15H,3,6-7,12-13,16H2,1-2H3,(H,26,28)(H,27,31). The van der Waals surface area contributed by atoms with Gasteiger partial charge in [0.15, 0.2) is 0 Å². The minimum Gasteiger partial charge on any atom is -0.495 e. The summed E-state index contributed by atoms with van der Waals surface area (Å²) in [5.74, 6) is -0.0895. The molecule has 35 heavy (non-hydrogen) atoms. The number of hydrogen-bond donors (Lipinski definition) is 2. The van der Waals surface area contributed by atoms with Gasteiger partial charge in [-0.2, -0.15) is 9.40 Å². The number of aryl methyl sites for hydroxylation is 1. The summed E-state index contributed by atoms with van der Waals surface area (Å²) >= 11 is 0. The van der Waals surface area contributed by atoms with Crippen molar-refractivity contribution in [2.45, 2.75) is 31.1 Å². The smallest absolute Gasteiger partial charge is 0.243 e. The van der Waals surface area contributed by atoms with Gasteiger partial charge < -0.3 is 15.4 Å². The molecule has 0 bridgehead atoms. The maximum absolute atomic E-state index is 14.1. The average Bonchev–Trinajstić information content (AvgIpc) is 3.23. The first-order valence-electron chi connectivity index (χ1n) is 11.3. The zero-order chi connectivity index (χ0) is 25.0. The van der Waals surface area contributed by atoms with Crippen LogP contribution in [0.3, 0.4) is 0 Å². The number of rotatable bonds is 8. The third-order valence-electron chi connectivity index (χ3n) is 5.80. The number of piperidine rings is 1. The van der Waals surface area contributed by atoms with Crippen molar-refractivity contribution in [2.24, 2.45) is 0 Å². The Bertz CT molecular complexity index is 1320. The first-order valence-corrected chi connectivity index (χ1v) is 12.8. The molecule has 11 heteroatoms. The zero-order valence-corrected chi connectivity index (χ0v) is 20.4. The van der Waals surface area contributed by atoms with Crippen molar-refractivity contribution >= 4 is 27.4 Å². The molecule has 0 radical (unpaired) electrons. The Kier molecular flexibility index (Phi) is 7.37. The number of sulfonamides is 1. The number of amides is 1. The number of methoxy groups -OCH3 is 1. The first kappa shape index (κ1) is 24.7. The van der Waals surface area contributed by atoms with E-state index in [-0.39, 0.29) is 17.1 Å². The number of ether oxygens (including phenoxy) is 1. The largest absolute Gasteiger partial charge is 0.495 e. The van der Waals surface area contributed by atoms with Gasteiger partial charge in [0, 0.05) is 24.8 Å².